The number of nitrogens with zero attached hydrogens (tertiary/aromatic N) is 2. The maximum absolute atomic E-state index is 12.6. The first-order valence-electron chi connectivity index (χ1n) is 12.0. The van der Waals surface area contributed by atoms with Crippen molar-refractivity contribution in [2.45, 2.75) is 6.92 Å². The van der Waals surface area contributed by atoms with Gasteiger partial charge in [0.15, 0.2) is 5.96 Å². The Morgan fingerprint density at radius 2 is 1.28 bits per heavy atom. The predicted molar refractivity (Wildman–Crippen MR) is 150 cm³/mol. The van der Waals surface area contributed by atoms with Crippen molar-refractivity contribution in [3.8, 4) is 0 Å². The summed E-state index contributed by atoms with van der Waals surface area (Å²) in [5.41, 5.74) is 5.40. The van der Waals surface area contributed by atoms with Gasteiger partial charge in [-0.15, -0.1) is 0 Å². The van der Waals surface area contributed by atoms with Crippen LogP contribution in [-0.2, 0) is 9.59 Å². The maximum atomic E-state index is 12.6. The third kappa shape index (κ3) is 6.70. The van der Waals surface area contributed by atoms with Gasteiger partial charge in [0, 0.05) is 27.1 Å². The summed E-state index contributed by atoms with van der Waals surface area (Å²) in [7, 11) is -0.466. The highest BCUT2D eigenvalue weighted by molar-refractivity contribution is 7.95. The molecule has 4 N–H and O–H groups in total. The molecule has 0 unspecified atom stereocenters. The molecule has 0 saturated heterocycles. The summed E-state index contributed by atoms with van der Waals surface area (Å²) in [5.74, 6) is -0.438. The minimum absolute atomic E-state index is 0.0000677. The summed E-state index contributed by atoms with van der Waals surface area (Å²) < 4.78 is 0. The monoisotopic (exact) mass is 504 g/mol. The van der Waals surface area contributed by atoms with Crippen LogP contribution in [0, 0.1) is 5.41 Å². The number of hydrogen-bond acceptors (Lipinski definition) is 3. The average molecular weight is 505 g/mol. The Morgan fingerprint density at radius 3 is 1.67 bits per heavy atom. The van der Waals surface area contributed by atoms with Crippen LogP contribution in [0.1, 0.15) is 6.92 Å². The minimum atomic E-state index is -2.05. The highest BCUT2D eigenvalue weighted by Gasteiger charge is 2.45. The van der Waals surface area contributed by atoms with Crippen molar-refractivity contribution in [3.63, 3.8) is 0 Å². The Kier molecular flexibility index (Phi) is 9.60. The Labute approximate surface area is 214 Å². The number of nitrogens with two attached hydrogens (primary N) is 1. The molecule has 36 heavy (non-hydrogen) atoms. The fourth-order valence-electron chi connectivity index (χ4n) is 4.27. The van der Waals surface area contributed by atoms with Crippen LogP contribution in [-0.4, -0.2) is 67.0 Å². The molecule has 0 saturated carbocycles. The van der Waals surface area contributed by atoms with Crippen molar-refractivity contribution < 1.29 is 9.59 Å². The van der Waals surface area contributed by atoms with Crippen LogP contribution in [0.3, 0.4) is 0 Å². The van der Waals surface area contributed by atoms with E-state index in [4.69, 9.17) is 11.1 Å². The molecule has 188 valence electrons. The third-order valence-corrected chi connectivity index (χ3v) is 10.6. The van der Waals surface area contributed by atoms with E-state index in [-0.39, 0.29) is 24.3 Å². The molecule has 0 radical (unpaired) electrons. The number of guanidine groups is 1. The van der Waals surface area contributed by atoms with Gasteiger partial charge in [-0.3, -0.25) is 15.0 Å². The van der Waals surface area contributed by atoms with Crippen LogP contribution in [0.4, 0.5) is 0 Å². The standard InChI is InChI=1S/C28H34N5O2P/c1-23(34)33(19-18-31-27(35)22-32(2)28(29)30)20-21-36(24-12-6-3-7-13-24,25-14-8-4-9-15-25)26-16-10-5-11-17-26/h3-17H,18-22H2,1-2H3,(H3-,29,30,31,35)/p+1. The number of carbonyl (C=O) groups excluding carboxylic acids is 2. The minimum Gasteiger partial charge on any atom is -0.370 e. The summed E-state index contributed by atoms with van der Waals surface area (Å²) in [6.07, 6.45) is 0.783. The molecule has 8 heteroatoms. The zero-order valence-electron chi connectivity index (χ0n) is 20.9. The third-order valence-electron chi connectivity index (χ3n) is 6.24. The molecule has 0 bridgehead atoms. The molecule has 0 aliphatic carbocycles. The van der Waals surface area contributed by atoms with Crippen molar-refractivity contribution in [1.29, 1.82) is 5.41 Å². The van der Waals surface area contributed by atoms with Crippen LogP contribution >= 0.6 is 7.26 Å². The van der Waals surface area contributed by atoms with Gasteiger partial charge < -0.3 is 20.9 Å². The number of hydrogen-bond donors (Lipinski definition) is 3. The smallest absolute Gasteiger partial charge is 0.239 e. The van der Waals surface area contributed by atoms with Gasteiger partial charge in [-0.2, -0.15) is 0 Å². The molecule has 0 aliphatic heterocycles. The number of benzene rings is 3. The topological polar surface area (TPSA) is 103 Å². The van der Waals surface area contributed by atoms with E-state index >= 15 is 0 Å². The lowest BCUT2D eigenvalue weighted by Crippen LogP contribution is -2.45. The molecule has 0 atom stereocenters. The highest BCUT2D eigenvalue weighted by Crippen LogP contribution is 2.55. The van der Waals surface area contributed by atoms with Crippen LogP contribution in [0.2, 0.25) is 0 Å². The molecule has 2 amide bonds. The fraction of sp³-hybridized carbons (Fsp3) is 0.250. The van der Waals surface area contributed by atoms with E-state index in [0.29, 0.717) is 19.6 Å². The van der Waals surface area contributed by atoms with E-state index < -0.39 is 7.26 Å². The quantitative estimate of drug-likeness (QED) is 0.210. The number of likely N-dealkylation sites (N-methyl/N-ethyl adjacent to an activating group) is 1. The van der Waals surface area contributed by atoms with E-state index in [1.807, 2.05) is 18.2 Å². The zero-order chi connectivity index (χ0) is 26.0. The van der Waals surface area contributed by atoms with Crippen molar-refractivity contribution in [2.24, 2.45) is 5.73 Å². The molecule has 0 aliphatic rings. The fourth-order valence-corrected chi connectivity index (χ4v) is 8.52. The van der Waals surface area contributed by atoms with E-state index in [9.17, 15) is 9.59 Å². The van der Waals surface area contributed by atoms with E-state index in [1.54, 1.807) is 18.9 Å². The van der Waals surface area contributed by atoms with Crippen LogP contribution in [0.15, 0.2) is 91.0 Å². The second-order valence-electron chi connectivity index (χ2n) is 8.64. The molecule has 0 aromatic heterocycles. The van der Waals surface area contributed by atoms with Gasteiger partial charge in [0.05, 0.1) is 19.3 Å². The van der Waals surface area contributed by atoms with Crippen molar-refractivity contribution in [3.05, 3.63) is 91.0 Å². The molecule has 0 heterocycles. The second-order valence-corrected chi connectivity index (χ2v) is 12.3. The lowest BCUT2D eigenvalue weighted by Gasteiger charge is -2.30. The summed E-state index contributed by atoms with van der Waals surface area (Å²) in [4.78, 5) is 27.9. The van der Waals surface area contributed by atoms with E-state index in [2.05, 4.69) is 78.1 Å². The molecule has 3 aromatic rings. The zero-order valence-corrected chi connectivity index (χ0v) is 21.8. The van der Waals surface area contributed by atoms with Crippen LogP contribution in [0.5, 0.6) is 0 Å². The van der Waals surface area contributed by atoms with Gasteiger partial charge in [0.25, 0.3) is 0 Å². The largest absolute Gasteiger partial charge is 0.370 e. The molecule has 0 fully saturated rings. The van der Waals surface area contributed by atoms with Crippen LogP contribution < -0.4 is 27.0 Å². The Balaban J connectivity index is 1.85. The van der Waals surface area contributed by atoms with Gasteiger partial charge in [-0.05, 0) is 36.4 Å². The van der Waals surface area contributed by atoms with Gasteiger partial charge in [-0.1, -0.05) is 54.6 Å². The second kappa shape index (κ2) is 12.8. The number of rotatable bonds is 11. The molecule has 3 aromatic carbocycles. The highest BCUT2D eigenvalue weighted by atomic mass is 31.2. The Hall–Kier alpha value is -3.70. The molecule has 7 nitrogen and oxygen atoms in total. The lowest BCUT2D eigenvalue weighted by atomic mass is 10.4. The number of amides is 2. The first-order chi connectivity index (χ1) is 17.3. The van der Waals surface area contributed by atoms with Crippen molar-refractivity contribution in [2.75, 3.05) is 39.4 Å². The first kappa shape index (κ1) is 26.9. The molecular weight excluding hydrogens is 469 g/mol. The van der Waals surface area contributed by atoms with Gasteiger partial charge in [-0.25, -0.2) is 0 Å². The summed E-state index contributed by atoms with van der Waals surface area (Å²) in [6.45, 7) is 2.87. The average Bonchev–Trinajstić information content (AvgIpc) is 2.89. The predicted octanol–water partition coefficient (Wildman–Crippen LogP) is 1.77. The summed E-state index contributed by atoms with van der Waals surface area (Å²) >= 11 is 0. The van der Waals surface area contributed by atoms with Crippen molar-refractivity contribution >= 4 is 41.0 Å². The molecule has 3 rings (SSSR count). The first-order valence-corrected chi connectivity index (χ1v) is 13.9. The molecule has 0 spiro atoms. The summed E-state index contributed by atoms with van der Waals surface area (Å²) in [6, 6.07) is 31.7. The van der Waals surface area contributed by atoms with Gasteiger partial charge in [0.2, 0.25) is 11.8 Å². The van der Waals surface area contributed by atoms with Gasteiger partial charge in [0.1, 0.15) is 23.2 Å². The van der Waals surface area contributed by atoms with Crippen molar-refractivity contribution in [1.82, 2.24) is 15.1 Å². The number of nitrogens with one attached hydrogen (secondary N) is 2. The van der Waals surface area contributed by atoms with E-state index in [0.717, 1.165) is 6.16 Å². The lowest BCUT2D eigenvalue weighted by molar-refractivity contribution is -0.129. The Bertz CT molecular complexity index is 1050. The Morgan fingerprint density at radius 1 is 0.833 bits per heavy atom. The van der Waals surface area contributed by atoms with Crippen LogP contribution in [0.25, 0.3) is 0 Å². The summed E-state index contributed by atoms with van der Waals surface area (Å²) in [5, 5.41) is 14.0. The van der Waals surface area contributed by atoms with Gasteiger partial charge >= 0.3 is 0 Å². The maximum Gasteiger partial charge on any atom is 0.239 e. The number of carbonyl (C=O) groups is 2. The van der Waals surface area contributed by atoms with E-state index in [1.165, 1.54) is 20.8 Å². The SMILES string of the molecule is CC(=O)N(CCNC(=O)CN(C)C(=N)N)CC[P+](c1ccccc1)(c1ccccc1)c1ccccc1. The molecular formula is C28H35N5O2P+. The normalized spacial score (nSPS) is 10.9.